The summed E-state index contributed by atoms with van der Waals surface area (Å²) in [5, 5.41) is 0. The maximum atomic E-state index is 12.9. The van der Waals surface area contributed by atoms with E-state index in [0.29, 0.717) is 17.2 Å². The van der Waals surface area contributed by atoms with Gasteiger partial charge in [-0.15, -0.1) is 0 Å². The third kappa shape index (κ3) is 2.62. The van der Waals surface area contributed by atoms with E-state index in [0.717, 1.165) is 11.1 Å². The molecule has 3 nitrogen and oxygen atoms in total. The van der Waals surface area contributed by atoms with Crippen molar-refractivity contribution in [2.45, 2.75) is 0 Å². The highest BCUT2D eigenvalue weighted by atomic mass is 19.1. The van der Waals surface area contributed by atoms with E-state index in [4.69, 9.17) is 14.2 Å². The lowest BCUT2D eigenvalue weighted by atomic mass is 10.0. The third-order valence-corrected chi connectivity index (χ3v) is 2.84. The fourth-order valence-electron chi connectivity index (χ4n) is 1.89. The summed E-state index contributed by atoms with van der Waals surface area (Å²) in [7, 11) is 4.68. The summed E-state index contributed by atoms with van der Waals surface area (Å²) in [4.78, 5) is 0. The first-order valence-corrected chi connectivity index (χ1v) is 5.75. The van der Waals surface area contributed by atoms with Crippen LogP contribution in [-0.4, -0.2) is 21.3 Å². The summed E-state index contributed by atoms with van der Waals surface area (Å²) in [5.41, 5.74) is 1.75. The summed E-state index contributed by atoms with van der Waals surface area (Å²) in [6.45, 7) is 0. The van der Waals surface area contributed by atoms with E-state index in [1.807, 2.05) is 12.1 Å². The molecule has 4 heteroatoms. The van der Waals surface area contributed by atoms with Gasteiger partial charge in [-0.05, 0) is 35.4 Å². The Balaban J connectivity index is 2.55. The summed E-state index contributed by atoms with van der Waals surface area (Å²) >= 11 is 0. The highest BCUT2D eigenvalue weighted by Gasteiger charge is 2.13. The second kappa shape index (κ2) is 5.61. The molecule has 0 amide bonds. The van der Waals surface area contributed by atoms with E-state index < -0.39 is 0 Å². The van der Waals surface area contributed by atoms with Crippen molar-refractivity contribution in [3.63, 3.8) is 0 Å². The molecule has 100 valence electrons. The standard InChI is InChI=1S/C15H15FO3/c1-17-13-8-11(9-14(18-2)15(13)19-3)10-4-6-12(16)7-5-10/h4-9H,1-3H3. The van der Waals surface area contributed by atoms with Gasteiger partial charge in [0.2, 0.25) is 5.75 Å². The van der Waals surface area contributed by atoms with Gasteiger partial charge in [0.25, 0.3) is 0 Å². The molecule has 0 spiro atoms. The van der Waals surface area contributed by atoms with Gasteiger partial charge in [-0.2, -0.15) is 0 Å². The topological polar surface area (TPSA) is 27.7 Å². The zero-order valence-corrected chi connectivity index (χ0v) is 11.1. The Labute approximate surface area is 111 Å². The quantitative estimate of drug-likeness (QED) is 0.843. The van der Waals surface area contributed by atoms with E-state index in [1.54, 1.807) is 33.5 Å². The fraction of sp³-hybridized carbons (Fsp3) is 0.200. The van der Waals surface area contributed by atoms with Crippen molar-refractivity contribution in [3.05, 3.63) is 42.2 Å². The Bertz CT molecular complexity index is 539. The average Bonchev–Trinajstić information content (AvgIpc) is 2.46. The zero-order chi connectivity index (χ0) is 13.8. The van der Waals surface area contributed by atoms with Gasteiger partial charge in [-0.25, -0.2) is 4.39 Å². The molecule has 19 heavy (non-hydrogen) atoms. The molecule has 0 N–H and O–H groups in total. The number of benzene rings is 2. The molecule has 0 saturated heterocycles. The summed E-state index contributed by atoms with van der Waals surface area (Å²) in [6, 6.07) is 9.90. The Morgan fingerprint density at radius 2 is 1.26 bits per heavy atom. The van der Waals surface area contributed by atoms with Gasteiger partial charge >= 0.3 is 0 Å². The molecule has 0 bridgehead atoms. The first-order chi connectivity index (χ1) is 9.19. The van der Waals surface area contributed by atoms with Crippen LogP contribution in [0.15, 0.2) is 36.4 Å². The minimum atomic E-state index is -0.267. The van der Waals surface area contributed by atoms with Crippen molar-refractivity contribution in [1.82, 2.24) is 0 Å². The molecule has 0 fully saturated rings. The highest BCUT2D eigenvalue weighted by molar-refractivity contribution is 5.71. The minimum Gasteiger partial charge on any atom is -0.493 e. The van der Waals surface area contributed by atoms with Gasteiger partial charge < -0.3 is 14.2 Å². The van der Waals surface area contributed by atoms with Gasteiger partial charge in [0.1, 0.15) is 5.82 Å². The second-order valence-electron chi connectivity index (χ2n) is 3.92. The zero-order valence-electron chi connectivity index (χ0n) is 11.1. The molecular weight excluding hydrogens is 247 g/mol. The molecule has 0 atom stereocenters. The predicted molar refractivity (Wildman–Crippen MR) is 71.5 cm³/mol. The van der Waals surface area contributed by atoms with Crippen LogP contribution in [0, 0.1) is 5.82 Å². The molecule has 2 rings (SSSR count). The van der Waals surface area contributed by atoms with E-state index >= 15 is 0 Å². The number of rotatable bonds is 4. The van der Waals surface area contributed by atoms with Gasteiger partial charge in [-0.3, -0.25) is 0 Å². The average molecular weight is 262 g/mol. The van der Waals surface area contributed by atoms with Crippen LogP contribution in [0.25, 0.3) is 11.1 Å². The van der Waals surface area contributed by atoms with Crippen LogP contribution in [0.1, 0.15) is 0 Å². The molecule has 0 aromatic heterocycles. The van der Waals surface area contributed by atoms with E-state index in [1.165, 1.54) is 12.1 Å². The lowest BCUT2D eigenvalue weighted by Crippen LogP contribution is -1.95. The van der Waals surface area contributed by atoms with Crippen LogP contribution in [-0.2, 0) is 0 Å². The molecule has 0 saturated carbocycles. The second-order valence-corrected chi connectivity index (χ2v) is 3.92. The van der Waals surface area contributed by atoms with Crippen LogP contribution >= 0.6 is 0 Å². The van der Waals surface area contributed by atoms with Crippen molar-refractivity contribution >= 4 is 0 Å². The Morgan fingerprint density at radius 3 is 1.68 bits per heavy atom. The van der Waals surface area contributed by atoms with Gasteiger partial charge in [0.05, 0.1) is 21.3 Å². The number of ether oxygens (including phenoxy) is 3. The molecular formula is C15H15FO3. The van der Waals surface area contributed by atoms with Crippen molar-refractivity contribution < 1.29 is 18.6 Å². The SMILES string of the molecule is COc1cc(-c2ccc(F)cc2)cc(OC)c1OC. The maximum Gasteiger partial charge on any atom is 0.203 e. The van der Waals surface area contributed by atoms with E-state index in [-0.39, 0.29) is 5.82 Å². The fourth-order valence-corrected chi connectivity index (χ4v) is 1.89. The highest BCUT2D eigenvalue weighted by Crippen LogP contribution is 2.41. The molecule has 0 heterocycles. The maximum absolute atomic E-state index is 12.9. The first-order valence-electron chi connectivity index (χ1n) is 5.75. The number of hydrogen-bond donors (Lipinski definition) is 0. The van der Waals surface area contributed by atoms with Crippen molar-refractivity contribution in [2.75, 3.05) is 21.3 Å². The van der Waals surface area contributed by atoms with Crippen LogP contribution in [0.3, 0.4) is 0 Å². The van der Waals surface area contributed by atoms with Gasteiger partial charge in [0, 0.05) is 0 Å². The predicted octanol–water partition coefficient (Wildman–Crippen LogP) is 3.52. The van der Waals surface area contributed by atoms with Gasteiger partial charge in [0.15, 0.2) is 11.5 Å². The molecule has 0 aliphatic heterocycles. The van der Waals surface area contributed by atoms with Crippen molar-refractivity contribution in [1.29, 1.82) is 0 Å². The Morgan fingerprint density at radius 1 is 0.737 bits per heavy atom. The van der Waals surface area contributed by atoms with Crippen molar-refractivity contribution in [2.24, 2.45) is 0 Å². The van der Waals surface area contributed by atoms with E-state index in [2.05, 4.69) is 0 Å². The molecule has 2 aromatic carbocycles. The monoisotopic (exact) mass is 262 g/mol. The first kappa shape index (κ1) is 13.2. The number of methoxy groups -OCH3 is 3. The van der Waals surface area contributed by atoms with Crippen LogP contribution < -0.4 is 14.2 Å². The summed E-state index contributed by atoms with van der Waals surface area (Å²) in [5.74, 6) is 1.41. The van der Waals surface area contributed by atoms with Crippen LogP contribution in [0.2, 0.25) is 0 Å². The van der Waals surface area contributed by atoms with Crippen LogP contribution in [0.5, 0.6) is 17.2 Å². The molecule has 0 aliphatic carbocycles. The Kier molecular flexibility index (Phi) is 3.90. The smallest absolute Gasteiger partial charge is 0.203 e. The Hall–Kier alpha value is -2.23. The lowest BCUT2D eigenvalue weighted by molar-refractivity contribution is 0.324. The van der Waals surface area contributed by atoms with E-state index in [9.17, 15) is 4.39 Å². The van der Waals surface area contributed by atoms with Crippen molar-refractivity contribution in [3.8, 4) is 28.4 Å². The minimum absolute atomic E-state index is 0.267. The van der Waals surface area contributed by atoms with Gasteiger partial charge in [-0.1, -0.05) is 12.1 Å². The normalized spacial score (nSPS) is 10.1. The lowest BCUT2D eigenvalue weighted by Gasteiger charge is -2.14. The van der Waals surface area contributed by atoms with Crippen LogP contribution in [0.4, 0.5) is 4.39 Å². The third-order valence-electron chi connectivity index (χ3n) is 2.84. The number of hydrogen-bond acceptors (Lipinski definition) is 3. The number of halogens is 1. The molecule has 0 unspecified atom stereocenters. The largest absolute Gasteiger partial charge is 0.493 e. The molecule has 2 aromatic rings. The summed E-state index contributed by atoms with van der Waals surface area (Å²) < 4.78 is 28.8. The molecule has 0 radical (unpaired) electrons. The summed E-state index contributed by atoms with van der Waals surface area (Å²) in [6.07, 6.45) is 0. The molecule has 0 aliphatic rings.